The van der Waals surface area contributed by atoms with Crippen molar-refractivity contribution in [2.75, 3.05) is 38.9 Å². The van der Waals surface area contributed by atoms with E-state index in [0.29, 0.717) is 42.4 Å². The molecule has 0 aliphatic carbocycles. The van der Waals surface area contributed by atoms with E-state index in [4.69, 9.17) is 19.2 Å². The molecule has 1 aliphatic rings. The Bertz CT molecular complexity index is 1170. The van der Waals surface area contributed by atoms with Gasteiger partial charge in [-0.15, -0.1) is 0 Å². The van der Waals surface area contributed by atoms with Gasteiger partial charge < -0.3 is 23.9 Å². The predicted molar refractivity (Wildman–Crippen MR) is 121 cm³/mol. The van der Waals surface area contributed by atoms with Crippen molar-refractivity contribution in [3.63, 3.8) is 0 Å². The normalized spacial score (nSPS) is 17.8. The van der Waals surface area contributed by atoms with E-state index in [1.165, 1.54) is 18.1 Å². The number of hydrogen-bond acceptors (Lipinski definition) is 7. The molecule has 9 heteroatoms. The summed E-state index contributed by atoms with van der Waals surface area (Å²) < 4.78 is 17.5. The first-order chi connectivity index (χ1) is 16.0. The average Bonchev–Trinajstić information content (AvgIpc) is 3.19. The number of esters is 1. The molecule has 0 saturated heterocycles. The van der Waals surface area contributed by atoms with Crippen molar-refractivity contribution in [2.45, 2.75) is 19.4 Å². The molecule has 0 radical (unpaired) electrons. The fourth-order valence-corrected chi connectivity index (χ4v) is 4.32. The van der Waals surface area contributed by atoms with Gasteiger partial charge in [-0.3, -0.25) is 14.5 Å². The maximum Gasteiger partial charge on any atom is 0.321 e. The molecule has 1 aromatic heterocycles. The molecule has 0 spiro atoms. The third-order valence-electron chi connectivity index (χ3n) is 5.76. The minimum absolute atomic E-state index is 0.0847. The molecule has 2 aromatic carbocycles. The summed E-state index contributed by atoms with van der Waals surface area (Å²) in [6.45, 7) is 2.65. The minimum atomic E-state index is -1.15. The van der Waals surface area contributed by atoms with E-state index in [1.54, 1.807) is 26.2 Å². The van der Waals surface area contributed by atoms with Crippen LogP contribution in [0.4, 0.5) is 5.95 Å². The number of carbonyl (C=O) groups excluding carboxylic acids is 2. The Hall–Kier alpha value is -3.59. The molecular formula is C24H27N3O6. The maximum absolute atomic E-state index is 13.7. The molecule has 4 rings (SSSR count). The number of carbonyl (C=O) groups is 2. The zero-order valence-corrected chi connectivity index (χ0v) is 18.9. The number of fused-ring (bicyclic) bond motifs is 3. The zero-order valence-electron chi connectivity index (χ0n) is 18.9. The lowest BCUT2D eigenvalue weighted by molar-refractivity contribution is -0.153. The fourth-order valence-electron chi connectivity index (χ4n) is 4.32. The highest BCUT2D eigenvalue weighted by molar-refractivity contribution is 6.08. The molecule has 9 nitrogen and oxygen atoms in total. The van der Waals surface area contributed by atoms with Crippen molar-refractivity contribution in [2.24, 2.45) is 5.92 Å². The van der Waals surface area contributed by atoms with Crippen LogP contribution in [0.15, 0.2) is 42.5 Å². The Morgan fingerprint density at radius 3 is 2.67 bits per heavy atom. The van der Waals surface area contributed by atoms with E-state index in [-0.39, 0.29) is 12.4 Å². The second-order valence-corrected chi connectivity index (χ2v) is 7.71. The number of benzene rings is 2. The van der Waals surface area contributed by atoms with Crippen molar-refractivity contribution < 1.29 is 28.9 Å². The second kappa shape index (κ2) is 9.50. The molecule has 1 N–H and O–H groups in total. The molecule has 0 saturated carbocycles. The van der Waals surface area contributed by atoms with E-state index in [9.17, 15) is 14.7 Å². The Morgan fingerprint density at radius 2 is 1.97 bits per heavy atom. The summed E-state index contributed by atoms with van der Waals surface area (Å²) in [5, 5.41) is 10.4. The molecule has 2 heterocycles. The molecule has 33 heavy (non-hydrogen) atoms. The summed E-state index contributed by atoms with van der Waals surface area (Å²) in [5.41, 5.74) is 2.04. The lowest BCUT2D eigenvalue weighted by Crippen LogP contribution is -2.50. The summed E-state index contributed by atoms with van der Waals surface area (Å²) >= 11 is 0. The Kier molecular flexibility index (Phi) is 6.50. The van der Waals surface area contributed by atoms with Crippen LogP contribution < -0.4 is 9.64 Å². The van der Waals surface area contributed by atoms with Crippen LogP contribution in [0.3, 0.4) is 0 Å². The Labute approximate surface area is 191 Å². The highest BCUT2D eigenvalue weighted by atomic mass is 16.5. The van der Waals surface area contributed by atoms with Gasteiger partial charge in [-0.2, -0.15) is 0 Å². The summed E-state index contributed by atoms with van der Waals surface area (Å²) in [6.07, 6.45) is 0.578. The van der Waals surface area contributed by atoms with Crippen molar-refractivity contribution in [1.82, 2.24) is 9.55 Å². The first-order valence-electron chi connectivity index (χ1n) is 10.8. The number of aromatic nitrogens is 2. The molecule has 174 valence electrons. The van der Waals surface area contributed by atoms with Crippen molar-refractivity contribution in [3.05, 3.63) is 48.0 Å². The highest BCUT2D eigenvalue weighted by Crippen LogP contribution is 2.43. The van der Waals surface area contributed by atoms with Crippen molar-refractivity contribution >= 4 is 28.9 Å². The molecule has 1 aliphatic heterocycles. The third kappa shape index (κ3) is 4.00. The molecule has 2 atom stereocenters. The lowest BCUT2D eigenvalue weighted by Gasteiger charge is -2.38. The molecule has 0 unspecified atom stereocenters. The molecule has 0 bridgehead atoms. The van der Waals surface area contributed by atoms with Gasteiger partial charge in [0.15, 0.2) is 17.4 Å². The van der Waals surface area contributed by atoms with Crippen LogP contribution in [0.1, 0.15) is 24.9 Å². The average molecular weight is 453 g/mol. The van der Waals surface area contributed by atoms with Crippen molar-refractivity contribution in [1.29, 1.82) is 0 Å². The van der Waals surface area contributed by atoms with Gasteiger partial charge in [-0.05, 0) is 43.2 Å². The Morgan fingerprint density at radius 1 is 1.18 bits per heavy atom. The number of hydrogen-bond donors (Lipinski definition) is 1. The van der Waals surface area contributed by atoms with E-state index in [1.807, 2.05) is 28.8 Å². The fraction of sp³-hybridized carbons (Fsp3) is 0.375. The van der Waals surface area contributed by atoms with Crippen LogP contribution >= 0.6 is 0 Å². The predicted octanol–water partition coefficient (Wildman–Crippen LogP) is 2.90. The van der Waals surface area contributed by atoms with Crippen LogP contribution in [0.2, 0.25) is 0 Å². The van der Waals surface area contributed by atoms with E-state index in [0.717, 1.165) is 5.52 Å². The summed E-state index contributed by atoms with van der Waals surface area (Å²) in [5.74, 6) is -1.51. The molecule has 1 amide bonds. The van der Waals surface area contributed by atoms with Gasteiger partial charge in [-0.25, -0.2) is 4.98 Å². The monoisotopic (exact) mass is 453 g/mol. The van der Waals surface area contributed by atoms with Gasteiger partial charge >= 0.3 is 5.97 Å². The highest BCUT2D eigenvalue weighted by Gasteiger charge is 2.47. The first-order valence-corrected chi connectivity index (χ1v) is 10.8. The first kappa shape index (κ1) is 22.6. The van der Waals surface area contributed by atoms with Gasteiger partial charge in [0.2, 0.25) is 11.9 Å². The zero-order chi connectivity index (χ0) is 23.5. The number of rotatable bonds is 8. The van der Waals surface area contributed by atoms with Crippen LogP contribution in [0.5, 0.6) is 11.5 Å². The number of imidazole rings is 1. The summed E-state index contributed by atoms with van der Waals surface area (Å²) in [4.78, 5) is 33.1. The standard InChI is InChI=1S/C24H27N3O6/c1-4-33-23(30)20-21(15-10-11-19(32-3)18(28)14-15)27-17-9-6-5-8-16(17)25-24(27)26(22(20)29)12-7-13-31-2/h5-6,8-11,14,20-21,28H,4,7,12-13H2,1-3H3/t20-,21-/m1/s1. The number of amides is 1. The van der Waals surface area contributed by atoms with Gasteiger partial charge in [0.25, 0.3) is 0 Å². The number of phenolic OH excluding ortho intramolecular Hbond substituents is 1. The van der Waals surface area contributed by atoms with Crippen LogP contribution in [0, 0.1) is 5.92 Å². The van der Waals surface area contributed by atoms with Gasteiger partial charge in [0.05, 0.1) is 30.8 Å². The molecular weight excluding hydrogens is 426 g/mol. The van der Waals surface area contributed by atoms with Gasteiger partial charge in [0.1, 0.15) is 0 Å². The van der Waals surface area contributed by atoms with Crippen LogP contribution in [-0.4, -0.2) is 60.5 Å². The van der Waals surface area contributed by atoms with E-state index in [2.05, 4.69) is 0 Å². The number of anilines is 1. The lowest BCUT2D eigenvalue weighted by atomic mass is 9.89. The summed E-state index contributed by atoms with van der Waals surface area (Å²) in [6, 6.07) is 11.6. The smallest absolute Gasteiger partial charge is 0.321 e. The Balaban J connectivity index is 1.94. The number of phenols is 1. The minimum Gasteiger partial charge on any atom is -0.504 e. The number of methoxy groups -OCH3 is 2. The van der Waals surface area contributed by atoms with Crippen LogP contribution in [-0.2, 0) is 19.1 Å². The molecule has 3 aromatic rings. The van der Waals surface area contributed by atoms with E-state index >= 15 is 0 Å². The number of nitrogens with zero attached hydrogens (tertiary/aromatic N) is 3. The second-order valence-electron chi connectivity index (χ2n) is 7.71. The summed E-state index contributed by atoms with van der Waals surface area (Å²) in [7, 11) is 3.06. The van der Waals surface area contributed by atoms with E-state index < -0.39 is 23.8 Å². The van der Waals surface area contributed by atoms with Gasteiger partial charge in [0, 0.05) is 20.3 Å². The largest absolute Gasteiger partial charge is 0.504 e. The number of ether oxygens (including phenoxy) is 3. The number of para-hydroxylation sites is 2. The van der Waals surface area contributed by atoms with Gasteiger partial charge in [-0.1, -0.05) is 18.2 Å². The van der Waals surface area contributed by atoms with Crippen molar-refractivity contribution in [3.8, 4) is 11.5 Å². The number of aromatic hydroxyl groups is 1. The van der Waals surface area contributed by atoms with Crippen LogP contribution in [0.25, 0.3) is 11.0 Å². The SMILES string of the molecule is CCOC(=O)[C@H]1C(=O)N(CCCOC)c2nc3ccccc3n2[C@@H]1c1ccc(OC)c(O)c1. The maximum atomic E-state index is 13.7. The quantitative estimate of drug-likeness (QED) is 0.318. The molecule has 0 fully saturated rings. The third-order valence-corrected chi connectivity index (χ3v) is 5.76. The topological polar surface area (TPSA) is 103 Å².